The number of aryl methyl sites for hydroxylation is 1. The minimum absolute atomic E-state index is 0.151. The monoisotopic (exact) mass is 235 g/mol. The quantitative estimate of drug-likeness (QED) is 0.810. The Morgan fingerprint density at radius 2 is 2.12 bits per heavy atom. The number of benzene rings is 1. The summed E-state index contributed by atoms with van der Waals surface area (Å²) < 4.78 is 0. The van der Waals surface area contributed by atoms with E-state index in [1.807, 2.05) is 6.07 Å². The van der Waals surface area contributed by atoms with Crippen molar-refractivity contribution in [1.82, 2.24) is 5.32 Å². The van der Waals surface area contributed by atoms with Crippen LogP contribution >= 0.6 is 11.6 Å². The first kappa shape index (κ1) is 10.3. The lowest BCUT2D eigenvalue weighted by molar-refractivity contribution is 0.0940. The second-order valence-corrected chi connectivity index (χ2v) is 5.03. The normalized spacial score (nSPS) is 27.0. The van der Waals surface area contributed by atoms with E-state index in [1.165, 1.54) is 5.56 Å². The van der Waals surface area contributed by atoms with E-state index in [0.717, 1.165) is 35.7 Å². The highest BCUT2D eigenvalue weighted by molar-refractivity contribution is 6.32. The third-order valence-corrected chi connectivity index (χ3v) is 4.17. The maximum atomic E-state index is 12.1. The van der Waals surface area contributed by atoms with Gasteiger partial charge in [-0.15, -0.1) is 0 Å². The number of fused-ring (bicyclic) bond motifs is 3. The standard InChI is InChI=1S/C13H14ClNO/c1-2-7-3-8-9(4-12(7)14)13(16)11-6-15-5-10(8)11/h3-4,10-11,15H,2,5-6H2,1H3. The van der Waals surface area contributed by atoms with Crippen LogP contribution in [0.1, 0.15) is 34.3 Å². The van der Waals surface area contributed by atoms with Gasteiger partial charge in [-0.3, -0.25) is 4.79 Å². The number of carbonyl (C=O) groups excluding carboxylic acids is 1. The number of carbonyl (C=O) groups is 1. The lowest BCUT2D eigenvalue weighted by Gasteiger charge is -2.09. The molecule has 84 valence electrons. The minimum atomic E-state index is 0.151. The largest absolute Gasteiger partial charge is 0.315 e. The fraction of sp³-hybridized carbons (Fsp3) is 0.462. The molecule has 1 aromatic carbocycles. The number of hydrogen-bond donors (Lipinski definition) is 1. The highest BCUT2D eigenvalue weighted by atomic mass is 35.5. The first-order valence-electron chi connectivity index (χ1n) is 5.79. The number of halogens is 1. The van der Waals surface area contributed by atoms with Gasteiger partial charge in [0.15, 0.2) is 5.78 Å². The third-order valence-electron chi connectivity index (χ3n) is 3.82. The van der Waals surface area contributed by atoms with E-state index >= 15 is 0 Å². The Kier molecular flexibility index (Phi) is 2.30. The van der Waals surface area contributed by atoms with Crippen LogP contribution in [0, 0.1) is 5.92 Å². The first-order valence-corrected chi connectivity index (χ1v) is 6.17. The van der Waals surface area contributed by atoms with Crippen molar-refractivity contribution in [3.63, 3.8) is 0 Å². The van der Waals surface area contributed by atoms with E-state index in [1.54, 1.807) is 0 Å². The molecule has 3 heteroatoms. The third kappa shape index (κ3) is 1.26. The van der Waals surface area contributed by atoms with Crippen LogP contribution in [0.4, 0.5) is 0 Å². The van der Waals surface area contributed by atoms with Crippen molar-refractivity contribution in [2.45, 2.75) is 19.3 Å². The predicted molar refractivity (Wildman–Crippen MR) is 64.3 cm³/mol. The fourth-order valence-corrected chi connectivity index (χ4v) is 3.21. The summed E-state index contributed by atoms with van der Waals surface area (Å²) >= 11 is 6.16. The zero-order chi connectivity index (χ0) is 11.3. The molecule has 1 aromatic rings. The second kappa shape index (κ2) is 3.57. The van der Waals surface area contributed by atoms with Gasteiger partial charge in [-0.05, 0) is 23.6 Å². The highest BCUT2D eigenvalue weighted by Gasteiger charge is 2.42. The van der Waals surface area contributed by atoms with Gasteiger partial charge < -0.3 is 5.32 Å². The van der Waals surface area contributed by atoms with E-state index < -0.39 is 0 Å². The molecule has 1 aliphatic carbocycles. The van der Waals surface area contributed by atoms with Gasteiger partial charge in [0.25, 0.3) is 0 Å². The van der Waals surface area contributed by atoms with Crippen LogP contribution in [0.5, 0.6) is 0 Å². The molecule has 1 fully saturated rings. The van der Waals surface area contributed by atoms with Crippen LogP contribution in [0.25, 0.3) is 0 Å². The molecule has 1 saturated heterocycles. The molecule has 0 radical (unpaired) electrons. The van der Waals surface area contributed by atoms with Crippen molar-refractivity contribution in [3.05, 3.63) is 33.8 Å². The molecule has 1 heterocycles. The smallest absolute Gasteiger partial charge is 0.168 e. The average Bonchev–Trinajstić information content (AvgIpc) is 2.83. The van der Waals surface area contributed by atoms with Gasteiger partial charge in [0.1, 0.15) is 0 Å². The molecule has 2 atom stereocenters. The van der Waals surface area contributed by atoms with E-state index in [0.29, 0.717) is 5.92 Å². The van der Waals surface area contributed by atoms with Crippen LogP contribution in [-0.2, 0) is 6.42 Å². The van der Waals surface area contributed by atoms with Crippen LogP contribution in [0.3, 0.4) is 0 Å². The van der Waals surface area contributed by atoms with Crippen molar-refractivity contribution in [2.24, 2.45) is 5.92 Å². The van der Waals surface area contributed by atoms with Crippen LogP contribution in [0.2, 0.25) is 5.02 Å². The number of Topliss-reactive ketones (excluding diaryl/α,β-unsaturated/α-hetero) is 1. The molecule has 2 nitrogen and oxygen atoms in total. The van der Waals surface area contributed by atoms with Gasteiger partial charge in [0, 0.05) is 35.5 Å². The van der Waals surface area contributed by atoms with Gasteiger partial charge >= 0.3 is 0 Å². The van der Waals surface area contributed by atoms with Crippen molar-refractivity contribution in [1.29, 1.82) is 0 Å². The van der Waals surface area contributed by atoms with Gasteiger partial charge in [-0.25, -0.2) is 0 Å². The van der Waals surface area contributed by atoms with Crippen molar-refractivity contribution < 1.29 is 4.79 Å². The summed E-state index contributed by atoms with van der Waals surface area (Å²) in [6.07, 6.45) is 0.922. The Balaban J connectivity index is 2.16. The van der Waals surface area contributed by atoms with Crippen molar-refractivity contribution in [3.8, 4) is 0 Å². The van der Waals surface area contributed by atoms with Crippen molar-refractivity contribution in [2.75, 3.05) is 13.1 Å². The summed E-state index contributed by atoms with van der Waals surface area (Å²) in [5.41, 5.74) is 3.22. The molecular weight excluding hydrogens is 222 g/mol. The van der Waals surface area contributed by atoms with Gasteiger partial charge in [0.05, 0.1) is 0 Å². The molecule has 1 N–H and O–H groups in total. The number of hydrogen-bond acceptors (Lipinski definition) is 2. The fourth-order valence-electron chi connectivity index (χ4n) is 2.91. The summed E-state index contributed by atoms with van der Waals surface area (Å²) in [5, 5.41) is 4.03. The Morgan fingerprint density at radius 1 is 1.38 bits per heavy atom. The Bertz CT molecular complexity index is 469. The number of rotatable bonds is 1. The molecule has 2 unspecified atom stereocenters. The number of ketones is 1. The maximum absolute atomic E-state index is 12.1. The summed E-state index contributed by atoms with van der Waals surface area (Å²) in [7, 11) is 0. The molecule has 0 saturated carbocycles. The topological polar surface area (TPSA) is 29.1 Å². The molecule has 3 rings (SSSR count). The van der Waals surface area contributed by atoms with Crippen molar-refractivity contribution >= 4 is 17.4 Å². The maximum Gasteiger partial charge on any atom is 0.168 e. The van der Waals surface area contributed by atoms with Crippen LogP contribution in [-0.4, -0.2) is 18.9 Å². The van der Waals surface area contributed by atoms with E-state index in [2.05, 4.69) is 18.3 Å². The molecule has 0 bridgehead atoms. The molecule has 1 aliphatic heterocycles. The highest BCUT2D eigenvalue weighted by Crippen LogP contribution is 2.41. The molecule has 0 spiro atoms. The summed E-state index contributed by atoms with van der Waals surface area (Å²) in [6.45, 7) is 3.83. The Labute approximate surface area is 100.0 Å². The van der Waals surface area contributed by atoms with Gasteiger partial charge in [0.2, 0.25) is 0 Å². The predicted octanol–water partition coefficient (Wildman–Crippen LogP) is 2.40. The SMILES string of the molecule is CCc1cc2c(cc1Cl)C(=O)C1CNCC21. The molecule has 2 aliphatic rings. The molecule has 0 amide bonds. The second-order valence-electron chi connectivity index (χ2n) is 4.62. The first-order chi connectivity index (χ1) is 7.72. The zero-order valence-electron chi connectivity index (χ0n) is 9.22. The minimum Gasteiger partial charge on any atom is -0.315 e. The number of nitrogens with one attached hydrogen (secondary N) is 1. The van der Waals surface area contributed by atoms with E-state index in [-0.39, 0.29) is 11.7 Å². The van der Waals surface area contributed by atoms with E-state index in [9.17, 15) is 4.79 Å². The Morgan fingerprint density at radius 3 is 2.88 bits per heavy atom. The van der Waals surface area contributed by atoms with Crippen LogP contribution < -0.4 is 5.32 Å². The summed E-state index contributed by atoms with van der Waals surface area (Å²) in [6, 6.07) is 4.00. The van der Waals surface area contributed by atoms with Crippen LogP contribution in [0.15, 0.2) is 12.1 Å². The van der Waals surface area contributed by atoms with Gasteiger partial charge in [-0.2, -0.15) is 0 Å². The zero-order valence-corrected chi connectivity index (χ0v) is 9.97. The summed E-state index contributed by atoms with van der Waals surface area (Å²) in [5.74, 6) is 0.804. The molecule has 0 aromatic heterocycles. The van der Waals surface area contributed by atoms with E-state index in [4.69, 9.17) is 11.6 Å². The van der Waals surface area contributed by atoms with Gasteiger partial charge in [-0.1, -0.05) is 24.6 Å². The molecule has 16 heavy (non-hydrogen) atoms. The molecular formula is C13H14ClNO. The summed E-state index contributed by atoms with van der Waals surface area (Å²) in [4.78, 5) is 12.1. The lowest BCUT2D eigenvalue weighted by Crippen LogP contribution is -2.15. The average molecular weight is 236 g/mol. The lowest BCUT2D eigenvalue weighted by atomic mass is 9.95. The Hall–Kier alpha value is -0.860.